The van der Waals surface area contributed by atoms with Crippen molar-refractivity contribution in [2.45, 2.75) is 59.3 Å². The Labute approximate surface area is 222 Å². The highest BCUT2D eigenvalue weighted by molar-refractivity contribution is 5.83. The Hall–Kier alpha value is -4.17. The van der Waals surface area contributed by atoms with Crippen molar-refractivity contribution in [2.75, 3.05) is 0 Å². The number of hydrogen-bond donors (Lipinski definition) is 1. The number of fused-ring (bicyclic) bond motifs is 1. The van der Waals surface area contributed by atoms with E-state index in [1.54, 1.807) is 6.20 Å². The first-order valence-electron chi connectivity index (χ1n) is 13.1. The van der Waals surface area contributed by atoms with Gasteiger partial charge in [0.2, 0.25) is 0 Å². The van der Waals surface area contributed by atoms with Gasteiger partial charge in [0.25, 0.3) is 5.56 Å². The van der Waals surface area contributed by atoms with Crippen molar-refractivity contribution in [1.29, 1.82) is 0 Å². The molecule has 5 aromatic rings. The second kappa shape index (κ2) is 11.5. The van der Waals surface area contributed by atoms with Gasteiger partial charge in [0, 0.05) is 37.6 Å². The Kier molecular flexibility index (Phi) is 7.70. The number of tetrazole rings is 1. The summed E-state index contributed by atoms with van der Waals surface area (Å²) < 4.78 is 1.90. The highest BCUT2D eigenvalue weighted by Gasteiger charge is 2.26. The fraction of sp³-hybridized carbons (Fsp3) is 0.300. The Bertz CT molecular complexity index is 1560. The van der Waals surface area contributed by atoms with Crippen LogP contribution < -0.4 is 5.56 Å². The maximum atomic E-state index is 13.3. The summed E-state index contributed by atoms with van der Waals surface area (Å²) >= 11 is 0. The first-order chi connectivity index (χ1) is 18.5. The molecule has 0 aliphatic carbocycles. The molecule has 0 unspecified atom stereocenters. The van der Waals surface area contributed by atoms with Crippen LogP contribution in [-0.4, -0.2) is 35.1 Å². The SMILES string of the molecule is CC[C@H](c1nnnn1CCc1ccccc1)N(Cc1cccnc1)Cc1cc2ccc(C)c(C)c2[nH]c1=O. The monoisotopic (exact) mass is 507 g/mol. The second-order valence-electron chi connectivity index (χ2n) is 9.78. The molecule has 0 aliphatic rings. The van der Waals surface area contributed by atoms with Gasteiger partial charge in [-0.05, 0) is 76.9 Å². The molecule has 3 heterocycles. The van der Waals surface area contributed by atoms with Gasteiger partial charge in [-0.15, -0.1) is 5.10 Å². The molecule has 0 bridgehead atoms. The van der Waals surface area contributed by atoms with Gasteiger partial charge in [-0.1, -0.05) is 55.5 Å². The molecule has 8 heteroatoms. The van der Waals surface area contributed by atoms with Crippen LogP contribution in [0.1, 0.15) is 53.0 Å². The van der Waals surface area contributed by atoms with Crippen molar-refractivity contribution in [3.8, 4) is 0 Å². The average molecular weight is 508 g/mol. The van der Waals surface area contributed by atoms with Crippen LogP contribution in [0.25, 0.3) is 10.9 Å². The molecule has 38 heavy (non-hydrogen) atoms. The highest BCUT2D eigenvalue weighted by atomic mass is 16.1. The topological polar surface area (TPSA) is 92.6 Å². The van der Waals surface area contributed by atoms with E-state index in [0.717, 1.165) is 46.3 Å². The van der Waals surface area contributed by atoms with Crippen molar-refractivity contribution in [2.24, 2.45) is 0 Å². The van der Waals surface area contributed by atoms with Crippen LogP contribution in [0.15, 0.2) is 77.9 Å². The van der Waals surface area contributed by atoms with Crippen LogP contribution in [0.2, 0.25) is 0 Å². The van der Waals surface area contributed by atoms with E-state index in [4.69, 9.17) is 0 Å². The third-order valence-corrected chi connectivity index (χ3v) is 7.25. The summed E-state index contributed by atoms with van der Waals surface area (Å²) in [4.78, 5) is 23.0. The third-order valence-electron chi connectivity index (χ3n) is 7.25. The van der Waals surface area contributed by atoms with Gasteiger partial charge in [-0.2, -0.15) is 0 Å². The molecular formula is C30H33N7O. The number of benzene rings is 2. The van der Waals surface area contributed by atoms with Crippen LogP contribution in [0.5, 0.6) is 0 Å². The molecule has 0 spiro atoms. The molecule has 0 amide bonds. The van der Waals surface area contributed by atoms with E-state index in [1.807, 2.05) is 48.1 Å². The summed E-state index contributed by atoms with van der Waals surface area (Å²) in [5.74, 6) is 0.802. The number of aryl methyl sites for hydroxylation is 4. The number of aromatic amines is 1. The number of nitrogens with one attached hydrogen (secondary N) is 1. The molecule has 1 atom stereocenters. The lowest BCUT2D eigenvalue weighted by atomic mass is 10.0. The number of hydrogen-bond acceptors (Lipinski definition) is 6. The van der Waals surface area contributed by atoms with Gasteiger partial charge in [0.15, 0.2) is 5.82 Å². The van der Waals surface area contributed by atoms with E-state index in [9.17, 15) is 4.79 Å². The summed E-state index contributed by atoms with van der Waals surface area (Å²) in [7, 11) is 0. The molecule has 0 aliphatic heterocycles. The standard InChI is InChI=1S/C30H33N7O/c1-4-27(29-33-34-35-37(29)16-14-23-9-6-5-7-10-23)36(19-24-11-8-15-31-18-24)20-26-17-25-13-12-21(2)22(3)28(25)32-30(26)38/h5-13,15,17-18,27H,4,14,16,19-20H2,1-3H3,(H,32,38)/t27-/m1/s1. The second-order valence-corrected chi connectivity index (χ2v) is 9.78. The largest absolute Gasteiger partial charge is 0.321 e. The Morgan fingerprint density at radius 3 is 2.58 bits per heavy atom. The molecule has 5 rings (SSSR count). The normalized spacial score (nSPS) is 12.3. The van der Waals surface area contributed by atoms with Crippen molar-refractivity contribution >= 4 is 10.9 Å². The van der Waals surface area contributed by atoms with E-state index in [1.165, 1.54) is 5.56 Å². The van der Waals surface area contributed by atoms with Gasteiger partial charge in [-0.25, -0.2) is 4.68 Å². The number of nitrogens with zero attached hydrogens (tertiary/aromatic N) is 6. The summed E-state index contributed by atoms with van der Waals surface area (Å²) in [6, 6.07) is 20.4. The zero-order valence-corrected chi connectivity index (χ0v) is 22.1. The molecule has 3 aromatic heterocycles. The van der Waals surface area contributed by atoms with Gasteiger partial charge < -0.3 is 4.98 Å². The van der Waals surface area contributed by atoms with Gasteiger partial charge in [-0.3, -0.25) is 14.7 Å². The number of pyridine rings is 2. The van der Waals surface area contributed by atoms with Gasteiger partial charge in [0.1, 0.15) is 0 Å². The Morgan fingerprint density at radius 1 is 1.00 bits per heavy atom. The van der Waals surface area contributed by atoms with E-state index < -0.39 is 0 Å². The lowest BCUT2D eigenvalue weighted by Gasteiger charge is -2.30. The first kappa shape index (κ1) is 25.5. The number of aromatic nitrogens is 6. The fourth-order valence-corrected chi connectivity index (χ4v) is 5.00. The molecular weight excluding hydrogens is 474 g/mol. The zero-order valence-electron chi connectivity index (χ0n) is 22.1. The number of rotatable bonds is 10. The van der Waals surface area contributed by atoms with Crippen LogP contribution >= 0.6 is 0 Å². The lowest BCUT2D eigenvalue weighted by molar-refractivity contribution is 0.160. The molecule has 194 valence electrons. The molecule has 8 nitrogen and oxygen atoms in total. The lowest BCUT2D eigenvalue weighted by Crippen LogP contribution is -2.32. The minimum atomic E-state index is -0.0872. The summed E-state index contributed by atoms with van der Waals surface area (Å²) in [6.07, 6.45) is 5.26. The van der Waals surface area contributed by atoms with E-state index in [2.05, 4.69) is 74.6 Å². The Balaban J connectivity index is 1.48. The number of H-pyrrole nitrogens is 1. The van der Waals surface area contributed by atoms with Crippen molar-refractivity contribution in [1.82, 2.24) is 35.1 Å². The fourth-order valence-electron chi connectivity index (χ4n) is 5.00. The highest BCUT2D eigenvalue weighted by Crippen LogP contribution is 2.27. The quantitative estimate of drug-likeness (QED) is 0.288. The van der Waals surface area contributed by atoms with Crippen LogP contribution in [0.4, 0.5) is 0 Å². The third kappa shape index (κ3) is 5.55. The summed E-state index contributed by atoms with van der Waals surface area (Å²) in [5, 5.41) is 13.8. The molecule has 0 fully saturated rings. The zero-order chi connectivity index (χ0) is 26.5. The minimum Gasteiger partial charge on any atom is -0.321 e. The Morgan fingerprint density at radius 2 is 1.82 bits per heavy atom. The summed E-state index contributed by atoms with van der Waals surface area (Å²) in [5.41, 5.74) is 6.11. The van der Waals surface area contributed by atoms with Crippen molar-refractivity contribution in [3.63, 3.8) is 0 Å². The molecule has 1 N–H and O–H groups in total. The van der Waals surface area contributed by atoms with Crippen LogP contribution in [0.3, 0.4) is 0 Å². The first-order valence-corrected chi connectivity index (χ1v) is 13.1. The van der Waals surface area contributed by atoms with E-state index in [0.29, 0.717) is 25.2 Å². The smallest absolute Gasteiger partial charge is 0.252 e. The maximum absolute atomic E-state index is 13.3. The predicted octanol–water partition coefficient (Wildman–Crippen LogP) is 4.92. The minimum absolute atomic E-state index is 0.0686. The van der Waals surface area contributed by atoms with Crippen molar-refractivity contribution in [3.05, 3.63) is 117 Å². The van der Waals surface area contributed by atoms with Crippen LogP contribution in [0, 0.1) is 13.8 Å². The van der Waals surface area contributed by atoms with E-state index >= 15 is 0 Å². The average Bonchev–Trinajstić information content (AvgIpc) is 3.40. The van der Waals surface area contributed by atoms with Gasteiger partial charge >= 0.3 is 0 Å². The molecule has 2 aromatic carbocycles. The maximum Gasteiger partial charge on any atom is 0.252 e. The summed E-state index contributed by atoms with van der Waals surface area (Å²) in [6.45, 7) is 7.99. The predicted molar refractivity (Wildman–Crippen MR) is 149 cm³/mol. The molecule has 0 radical (unpaired) electrons. The van der Waals surface area contributed by atoms with E-state index in [-0.39, 0.29) is 11.6 Å². The van der Waals surface area contributed by atoms with Crippen LogP contribution in [-0.2, 0) is 26.1 Å². The van der Waals surface area contributed by atoms with Crippen molar-refractivity contribution < 1.29 is 0 Å². The molecule has 0 saturated carbocycles. The molecule has 0 saturated heterocycles. The van der Waals surface area contributed by atoms with Gasteiger partial charge in [0.05, 0.1) is 11.6 Å².